The largest absolute Gasteiger partial charge is 0.379 e. The fraction of sp³-hybridized carbons (Fsp3) is 0.0667. The fourth-order valence-corrected chi connectivity index (χ4v) is 1.76. The predicted molar refractivity (Wildman–Crippen MR) is 73.4 cm³/mol. The summed E-state index contributed by atoms with van der Waals surface area (Å²) in [5, 5.41) is 11.7. The minimum absolute atomic E-state index is 0.198. The van der Waals surface area contributed by atoms with Gasteiger partial charge in [-0.1, -0.05) is 12.1 Å². The minimum Gasteiger partial charge on any atom is -0.379 e. The summed E-state index contributed by atoms with van der Waals surface area (Å²) in [6.45, 7) is 0.342. The minimum atomic E-state index is -0.612. The topological polar surface area (TPSA) is 78.9 Å². The molecule has 100 valence electrons. The number of hydrogen-bond acceptors (Lipinski definition) is 3. The number of halogens is 1. The van der Waals surface area contributed by atoms with Gasteiger partial charge in [0.2, 0.25) is 5.91 Å². The van der Waals surface area contributed by atoms with Crippen molar-refractivity contribution in [3.05, 3.63) is 65.0 Å². The molecule has 0 aliphatic carbocycles. The zero-order valence-electron chi connectivity index (χ0n) is 10.6. The number of amides is 1. The lowest BCUT2D eigenvalue weighted by Crippen LogP contribution is -2.12. The molecular weight excluding hydrogens is 257 g/mol. The number of nitrogens with one attached hydrogen (secondary N) is 1. The molecule has 2 rings (SSSR count). The van der Waals surface area contributed by atoms with Crippen LogP contribution in [0.1, 0.15) is 21.5 Å². The first kappa shape index (κ1) is 13.6. The summed E-state index contributed by atoms with van der Waals surface area (Å²) in [6, 6.07) is 12.9. The number of rotatable bonds is 4. The lowest BCUT2D eigenvalue weighted by atomic mass is 10.1. The van der Waals surface area contributed by atoms with E-state index in [-0.39, 0.29) is 11.3 Å². The number of carbonyl (C=O) groups is 1. The van der Waals surface area contributed by atoms with Gasteiger partial charge >= 0.3 is 0 Å². The van der Waals surface area contributed by atoms with Crippen molar-refractivity contribution in [2.75, 3.05) is 5.32 Å². The van der Waals surface area contributed by atoms with Crippen molar-refractivity contribution < 1.29 is 9.18 Å². The molecular formula is C15H12FN3O. The third kappa shape index (κ3) is 3.12. The first-order chi connectivity index (χ1) is 9.60. The number of carbonyl (C=O) groups excluding carboxylic acids is 1. The number of hydrogen-bond donors (Lipinski definition) is 2. The second-order valence-electron chi connectivity index (χ2n) is 4.22. The van der Waals surface area contributed by atoms with Gasteiger partial charge < -0.3 is 11.1 Å². The Morgan fingerprint density at radius 3 is 2.80 bits per heavy atom. The Bertz CT molecular complexity index is 692. The molecule has 3 N–H and O–H groups in total. The first-order valence-electron chi connectivity index (χ1n) is 5.92. The van der Waals surface area contributed by atoms with E-state index in [4.69, 9.17) is 11.0 Å². The van der Waals surface area contributed by atoms with Crippen molar-refractivity contribution in [2.24, 2.45) is 5.73 Å². The second-order valence-corrected chi connectivity index (χ2v) is 4.22. The quantitative estimate of drug-likeness (QED) is 0.894. The van der Waals surface area contributed by atoms with Gasteiger partial charge in [-0.05, 0) is 35.9 Å². The summed E-state index contributed by atoms with van der Waals surface area (Å²) in [6.07, 6.45) is 0. The van der Waals surface area contributed by atoms with Gasteiger partial charge in [0.15, 0.2) is 0 Å². The molecule has 20 heavy (non-hydrogen) atoms. The molecule has 0 saturated heterocycles. The van der Waals surface area contributed by atoms with Gasteiger partial charge in [-0.15, -0.1) is 0 Å². The van der Waals surface area contributed by atoms with Crippen molar-refractivity contribution in [1.29, 1.82) is 5.26 Å². The zero-order valence-corrected chi connectivity index (χ0v) is 10.6. The van der Waals surface area contributed by atoms with Crippen LogP contribution >= 0.6 is 0 Å². The molecule has 0 bridgehead atoms. The monoisotopic (exact) mass is 269 g/mol. The van der Waals surface area contributed by atoms with E-state index in [1.54, 1.807) is 18.2 Å². The number of benzene rings is 2. The Morgan fingerprint density at radius 1 is 1.30 bits per heavy atom. The van der Waals surface area contributed by atoms with Crippen LogP contribution in [0.15, 0.2) is 42.5 Å². The SMILES string of the molecule is N#Cc1cccc(CNc2cc(C(N)=O)ccc2F)c1. The number of primary amides is 1. The summed E-state index contributed by atoms with van der Waals surface area (Å²) >= 11 is 0. The van der Waals surface area contributed by atoms with E-state index >= 15 is 0 Å². The maximum Gasteiger partial charge on any atom is 0.248 e. The highest BCUT2D eigenvalue weighted by Gasteiger charge is 2.07. The van der Waals surface area contributed by atoms with Gasteiger partial charge in [0.05, 0.1) is 17.3 Å². The smallest absolute Gasteiger partial charge is 0.248 e. The molecule has 2 aromatic rings. The maximum atomic E-state index is 13.6. The number of nitrogens with two attached hydrogens (primary N) is 1. The van der Waals surface area contributed by atoms with Crippen LogP contribution in [0.2, 0.25) is 0 Å². The Hall–Kier alpha value is -2.87. The van der Waals surface area contributed by atoms with E-state index in [1.807, 2.05) is 12.1 Å². The Morgan fingerprint density at radius 2 is 2.10 bits per heavy atom. The van der Waals surface area contributed by atoms with Gasteiger partial charge in [-0.2, -0.15) is 5.26 Å². The second kappa shape index (κ2) is 5.85. The van der Waals surface area contributed by atoms with Gasteiger partial charge in [0.25, 0.3) is 0 Å². The molecule has 0 radical (unpaired) electrons. The highest BCUT2D eigenvalue weighted by atomic mass is 19.1. The van der Waals surface area contributed by atoms with E-state index in [0.29, 0.717) is 12.1 Å². The Balaban J connectivity index is 2.16. The molecule has 0 unspecified atom stereocenters. The van der Waals surface area contributed by atoms with E-state index < -0.39 is 11.7 Å². The molecule has 0 saturated carbocycles. The van der Waals surface area contributed by atoms with Crippen LogP contribution in [0.3, 0.4) is 0 Å². The standard InChI is InChI=1S/C15H12FN3O/c16-13-5-4-12(15(18)20)7-14(13)19-9-11-3-1-2-10(6-11)8-17/h1-7,19H,9H2,(H2,18,20). The average Bonchev–Trinajstić information content (AvgIpc) is 2.46. The van der Waals surface area contributed by atoms with Crippen LogP contribution in [0.5, 0.6) is 0 Å². The summed E-state index contributed by atoms with van der Waals surface area (Å²) in [7, 11) is 0. The summed E-state index contributed by atoms with van der Waals surface area (Å²) in [5.41, 5.74) is 6.96. The van der Waals surface area contributed by atoms with Gasteiger partial charge in [-0.3, -0.25) is 4.79 Å². The van der Waals surface area contributed by atoms with Crippen LogP contribution in [0.4, 0.5) is 10.1 Å². The number of anilines is 1. The normalized spacial score (nSPS) is 9.80. The van der Waals surface area contributed by atoms with Crippen LogP contribution in [0, 0.1) is 17.1 Å². The van der Waals surface area contributed by atoms with Crippen molar-refractivity contribution in [3.63, 3.8) is 0 Å². The molecule has 0 atom stereocenters. The Kier molecular flexibility index (Phi) is 3.96. The van der Waals surface area contributed by atoms with Crippen molar-refractivity contribution in [1.82, 2.24) is 0 Å². The first-order valence-corrected chi connectivity index (χ1v) is 5.92. The molecule has 0 aromatic heterocycles. The predicted octanol–water partition coefficient (Wildman–Crippen LogP) is 2.41. The van der Waals surface area contributed by atoms with E-state index in [0.717, 1.165) is 5.56 Å². The van der Waals surface area contributed by atoms with Crippen LogP contribution in [0.25, 0.3) is 0 Å². The van der Waals surface area contributed by atoms with Crippen molar-refractivity contribution in [2.45, 2.75) is 6.54 Å². The van der Waals surface area contributed by atoms with Crippen molar-refractivity contribution >= 4 is 11.6 Å². The van der Waals surface area contributed by atoms with Gasteiger partial charge in [0.1, 0.15) is 5.82 Å². The summed E-state index contributed by atoms with van der Waals surface area (Å²) in [5.74, 6) is -1.08. The molecule has 0 fully saturated rings. The molecule has 0 aliphatic rings. The lowest BCUT2D eigenvalue weighted by Gasteiger charge is -2.09. The van der Waals surface area contributed by atoms with Crippen LogP contribution < -0.4 is 11.1 Å². The number of nitriles is 1. The van der Waals surface area contributed by atoms with E-state index in [1.165, 1.54) is 18.2 Å². The molecule has 0 spiro atoms. The molecule has 2 aromatic carbocycles. The highest BCUT2D eigenvalue weighted by molar-refractivity contribution is 5.93. The maximum absolute atomic E-state index is 13.6. The summed E-state index contributed by atoms with van der Waals surface area (Å²) < 4.78 is 13.6. The van der Waals surface area contributed by atoms with Crippen LogP contribution in [-0.2, 0) is 6.54 Å². The molecule has 4 nitrogen and oxygen atoms in total. The third-order valence-electron chi connectivity index (χ3n) is 2.79. The van der Waals surface area contributed by atoms with Crippen molar-refractivity contribution in [3.8, 4) is 6.07 Å². The summed E-state index contributed by atoms with van der Waals surface area (Å²) in [4.78, 5) is 11.1. The molecule has 5 heteroatoms. The fourth-order valence-electron chi connectivity index (χ4n) is 1.76. The molecule has 1 amide bonds. The number of nitrogens with zero attached hydrogens (tertiary/aromatic N) is 1. The molecule has 0 heterocycles. The van der Waals surface area contributed by atoms with E-state index in [2.05, 4.69) is 5.32 Å². The average molecular weight is 269 g/mol. The zero-order chi connectivity index (χ0) is 14.5. The highest BCUT2D eigenvalue weighted by Crippen LogP contribution is 2.17. The lowest BCUT2D eigenvalue weighted by molar-refractivity contribution is 0.100. The van der Waals surface area contributed by atoms with Crippen LogP contribution in [-0.4, -0.2) is 5.91 Å². The van der Waals surface area contributed by atoms with Gasteiger partial charge in [-0.25, -0.2) is 4.39 Å². The molecule has 0 aliphatic heterocycles. The van der Waals surface area contributed by atoms with Gasteiger partial charge in [0, 0.05) is 12.1 Å². The Labute approximate surface area is 115 Å². The van der Waals surface area contributed by atoms with E-state index in [9.17, 15) is 9.18 Å². The third-order valence-corrected chi connectivity index (χ3v) is 2.79.